The average Bonchev–Trinajstić information content (AvgIpc) is 3.33. The van der Waals surface area contributed by atoms with Crippen LogP contribution in [0.2, 0.25) is 13.1 Å². The second-order valence-corrected chi connectivity index (χ2v) is 15.5. The molecule has 0 radical (unpaired) electrons. The van der Waals surface area contributed by atoms with Crippen molar-refractivity contribution in [2.75, 3.05) is 0 Å². The van der Waals surface area contributed by atoms with Gasteiger partial charge in [-0.25, -0.2) is 8.96 Å². The topological polar surface area (TPSA) is 40.8 Å². The number of hydrogen-bond acceptors (Lipinski definition) is 2. The van der Waals surface area contributed by atoms with Gasteiger partial charge >= 0.3 is 0 Å². The lowest BCUT2D eigenvalue weighted by Gasteiger charge is -2.24. The van der Waals surface area contributed by atoms with Crippen LogP contribution in [-0.2, 0) is 7.05 Å². The Bertz CT molecular complexity index is 1970. The van der Waals surface area contributed by atoms with Crippen molar-refractivity contribution in [1.29, 1.82) is 5.26 Å². The predicted octanol–water partition coefficient (Wildman–Crippen LogP) is 7.19. The van der Waals surface area contributed by atoms with Crippen LogP contribution in [0.15, 0.2) is 95.5 Å². The van der Waals surface area contributed by atoms with E-state index in [0.717, 1.165) is 38.7 Å². The van der Waals surface area contributed by atoms with Gasteiger partial charge in [0.05, 0.1) is 17.2 Å². The van der Waals surface area contributed by atoms with Gasteiger partial charge in [0.1, 0.15) is 32.1 Å². The summed E-state index contributed by atoms with van der Waals surface area (Å²) < 4.78 is 23.3. The normalized spacial score (nSPS) is 11.7. The van der Waals surface area contributed by atoms with Gasteiger partial charge in [-0.1, -0.05) is 90.2 Å². The molecule has 0 saturated carbocycles. The van der Waals surface area contributed by atoms with Crippen LogP contribution in [0.4, 0.5) is 4.39 Å². The number of nitriles is 1. The number of fused-ring (bicyclic) bond motifs is 3. The van der Waals surface area contributed by atoms with E-state index in [2.05, 4.69) is 79.8 Å². The molecule has 40 heavy (non-hydrogen) atoms. The third kappa shape index (κ3) is 4.04. The van der Waals surface area contributed by atoms with Gasteiger partial charge in [0.15, 0.2) is 6.20 Å². The first-order chi connectivity index (χ1) is 19.2. The Kier molecular flexibility index (Phi) is 6.16. The van der Waals surface area contributed by atoms with Crippen LogP contribution in [-0.4, -0.2) is 8.07 Å². The van der Waals surface area contributed by atoms with Gasteiger partial charge in [0.2, 0.25) is 5.69 Å². The molecule has 6 aromatic rings. The van der Waals surface area contributed by atoms with Crippen molar-refractivity contribution >= 4 is 40.4 Å². The molecule has 2 aromatic heterocycles. The zero-order valence-corrected chi connectivity index (χ0v) is 24.3. The van der Waals surface area contributed by atoms with Crippen LogP contribution in [0.1, 0.15) is 16.7 Å². The van der Waals surface area contributed by atoms with E-state index in [1.54, 1.807) is 19.2 Å². The molecule has 0 N–H and O–H groups in total. The van der Waals surface area contributed by atoms with Gasteiger partial charge in [-0.2, -0.15) is 5.26 Å². The number of benzene rings is 4. The Balaban J connectivity index is 1.57. The average molecular weight is 542 g/mol. The second-order valence-electron chi connectivity index (χ2n) is 11.1. The van der Waals surface area contributed by atoms with Crippen LogP contribution in [0.25, 0.3) is 44.3 Å². The maximum absolute atomic E-state index is 14.7. The summed E-state index contributed by atoms with van der Waals surface area (Å²) in [7, 11) is 0.0521. The van der Waals surface area contributed by atoms with Crippen LogP contribution in [0.3, 0.4) is 0 Å². The van der Waals surface area contributed by atoms with E-state index in [1.165, 1.54) is 10.4 Å². The number of pyridine rings is 1. The lowest BCUT2D eigenvalue weighted by atomic mass is 9.96. The van der Waals surface area contributed by atoms with E-state index in [4.69, 9.17) is 4.42 Å². The van der Waals surface area contributed by atoms with Crippen molar-refractivity contribution in [3.63, 3.8) is 0 Å². The minimum Gasteiger partial charge on any atom is -0.454 e. The summed E-state index contributed by atoms with van der Waals surface area (Å²) in [5, 5.41) is 14.7. The predicted molar refractivity (Wildman–Crippen MR) is 163 cm³/mol. The summed E-state index contributed by atoms with van der Waals surface area (Å²) in [6, 6.07) is 31.2. The highest BCUT2D eigenvalue weighted by Crippen LogP contribution is 2.41. The Morgan fingerprint density at radius 3 is 2.08 bits per heavy atom. The Labute approximate surface area is 234 Å². The number of aryl methyl sites for hydroxylation is 3. The summed E-state index contributed by atoms with van der Waals surface area (Å²) in [5.41, 5.74) is 6.81. The molecule has 196 valence electrons. The summed E-state index contributed by atoms with van der Waals surface area (Å²) in [5.74, 6) is -0.255. The van der Waals surface area contributed by atoms with Crippen molar-refractivity contribution in [2.45, 2.75) is 26.9 Å². The third-order valence-corrected chi connectivity index (χ3v) is 11.7. The van der Waals surface area contributed by atoms with Crippen LogP contribution >= 0.6 is 0 Å². The molecule has 0 saturated heterocycles. The number of nitrogens with zero attached hydrogens (tertiary/aromatic N) is 2. The Hall–Kier alpha value is -4.53. The monoisotopic (exact) mass is 541 g/mol. The van der Waals surface area contributed by atoms with Gasteiger partial charge in [0.25, 0.3) is 0 Å². The number of furan rings is 1. The van der Waals surface area contributed by atoms with E-state index in [0.29, 0.717) is 22.3 Å². The first-order valence-electron chi connectivity index (χ1n) is 13.4. The molecule has 0 aliphatic rings. The highest BCUT2D eigenvalue weighted by atomic mass is 28.3. The largest absolute Gasteiger partial charge is 0.454 e. The number of hydrogen-bond donors (Lipinski definition) is 0. The molecule has 0 aliphatic carbocycles. The molecule has 0 spiro atoms. The van der Waals surface area contributed by atoms with Gasteiger partial charge in [-0.15, -0.1) is 0 Å². The smallest absolute Gasteiger partial charge is 0.219 e. The summed E-state index contributed by atoms with van der Waals surface area (Å²) in [6.07, 6.45) is 1.80. The molecule has 6 rings (SSSR count). The van der Waals surface area contributed by atoms with Crippen molar-refractivity contribution in [3.8, 4) is 28.5 Å². The van der Waals surface area contributed by atoms with Crippen molar-refractivity contribution in [3.05, 3.63) is 114 Å². The standard InChI is InChI=1S/C35H30FN2OSi/c1-22-11-17-28-29-18-14-25(20-37)33(24-12-15-27(16-13-24)40(4,5)26-9-7-6-8-10-26)35(29)39-34(28)32(22)31-19-30(36)23(2)21-38(31)3/h6-19,21H,1-5H3/q+1. The van der Waals surface area contributed by atoms with Gasteiger partial charge < -0.3 is 4.42 Å². The zero-order chi connectivity index (χ0) is 28.2. The minimum atomic E-state index is -1.87. The fourth-order valence-corrected chi connectivity index (χ4v) is 8.14. The lowest BCUT2D eigenvalue weighted by molar-refractivity contribution is -0.661. The Morgan fingerprint density at radius 2 is 1.40 bits per heavy atom. The maximum atomic E-state index is 14.7. The summed E-state index contributed by atoms with van der Waals surface area (Å²) >= 11 is 0. The molecule has 0 aliphatic heterocycles. The van der Waals surface area contributed by atoms with E-state index in [1.807, 2.05) is 36.7 Å². The molecule has 4 aromatic carbocycles. The van der Waals surface area contributed by atoms with Crippen LogP contribution in [0, 0.1) is 31.0 Å². The van der Waals surface area contributed by atoms with Crippen molar-refractivity contribution < 1.29 is 13.4 Å². The molecule has 0 amide bonds. The zero-order valence-electron chi connectivity index (χ0n) is 23.3. The summed E-state index contributed by atoms with van der Waals surface area (Å²) in [4.78, 5) is 0. The van der Waals surface area contributed by atoms with E-state index in [9.17, 15) is 9.65 Å². The van der Waals surface area contributed by atoms with Crippen molar-refractivity contribution in [2.24, 2.45) is 7.05 Å². The van der Waals surface area contributed by atoms with Crippen LogP contribution in [0.5, 0.6) is 0 Å². The fraction of sp³-hybridized carbons (Fsp3) is 0.143. The molecule has 0 unspecified atom stereocenters. The third-order valence-electron chi connectivity index (χ3n) is 8.19. The van der Waals surface area contributed by atoms with E-state index < -0.39 is 8.07 Å². The minimum absolute atomic E-state index is 0.255. The number of aromatic nitrogens is 1. The van der Waals surface area contributed by atoms with Gasteiger partial charge in [-0.3, -0.25) is 0 Å². The molecular formula is C35H30FN2OSi+. The molecule has 3 nitrogen and oxygen atoms in total. The van der Waals surface area contributed by atoms with Crippen molar-refractivity contribution in [1.82, 2.24) is 0 Å². The van der Waals surface area contributed by atoms with E-state index in [-0.39, 0.29) is 5.82 Å². The Morgan fingerprint density at radius 1 is 0.775 bits per heavy atom. The lowest BCUT2D eigenvalue weighted by Crippen LogP contribution is -2.52. The summed E-state index contributed by atoms with van der Waals surface area (Å²) in [6.45, 7) is 8.49. The van der Waals surface area contributed by atoms with Gasteiger partial charge in [-0.05, 0) is 37.1 Å². The molecule has 5 heteroatoms. The maximum Gasteiger partial charge on any atom is 0.219 e. The highest BCUT2D eigenvalue weighted by Gasteiger charge is 2.27. The molecule has 0 atom stereocenters. The quantitative estimate of drug-likeness (QED) is 0.175. The SMILES string of the molecule is Cc1c[n+](C)c(-c2c(C)ccc3c2oc2c(-c4ccc([Si](C)(C)c5ccccc5)cc4)c(C#N)ccc23)cc1F. The second kappa shape index (κ2) is 9.58. The van der Waals surface area contributed by atoms with Gasteiger partial charge in [0, 0.05) is 28.0 Å². The first kappa shape index (κ1) is 25.7. The molecular weight excluding hydrogens is 511 g/mol. The molecule has 0 fully saturated rings. The van der Waals surface area contributed by atoms with E-state index >= 15 is 0 Å². The number of halogens is 1. The molecule has 2 heterocycles. The fourth-order valence-electron chi connectivity index (χ4n) is 5.78. The van der Waals surface area contributed by atoms with Crippen LogP contribution < -0.4 is 14.9 Å². The highest BCUT2D eigenvalue weighted by molar-refractivity contribution is 7.00. The molecule has 0 bridgehead atoms. The number of rotatable bonds is 4. The first-order valence-corrected chi connectivity index (χ1v) is 16.4.